The van der Waals surface area contributed by atoms with Gasteiger partial charge in [-0.25, -0.2) is 0 Å². The van der Waals surface area contributed by atoms with Crippen LogP contribution in [0.4, 0.5) is 0 Å². The number of thiophene rings is 1. The van der Waals surface area contributed by atoms with Crippen molar-refractivity contribution >= 4 is 41.1 Å². The number of allylic oxidation sites excluding steroid dienone is 3. The van der Waals surface area contributed by atoms with Crippen molar-refractivity contribution in [2.24, 2.45) is 11.8 Å². The number of fused-ring (bicyclic) bond motifs is 3. The first-order valence-electron chi connectivity index (χ1n) is 7.26. The predicted octanol–water partition coefficient (Wildman–Crippen LogP) is 2.28. The van der Waals surface area contributed by atoms with Gasteiger partial charge in [0.05, 0.1) is 12.5 Å². The predicted molar refractivity (Wildman–Crippen MR) is 91.1 cm³/mol. The molecule has 0 fully saturated rings. The SMILES string of the molecule is O=C1C2=C(c3cccs3)C3C=CC(S)(C=CC13)C(=O)CNC2. The summed E-state index contributed by atoms with van der Waals surface area (Å²) in [6.45, 7) is 0.651. The van der Waals surface area contributed by atoms with E-state index in [4.69, 9.17) is 0 Å². The van der Waals surface area contributed by atoms with Crippen molar-refractivity contribution in [2.75, 3.05) is 13.1 Å². The van der Waals surface area contributed by atoms with Crippen LogP contribution in [0.25, 0.3) is 5.57 Å². The fourth-order valence-corrected chi connectivity index (χ4v) is 4.51. The second-order valence-corrected chi connectivity index (χ2v) is 7.54. The molecular weight excluding hydrogens is 314 g/mol. The van der Waals surface area contributed by atoms with Crippen LogP contribution >= 0.6 is 24.0 Å². The Morgan fingerprint density at radius 1 is 1.18 bits per heavy atom. The third kappa shape index (κ3) is 2.00. The van der Waals surface area contributed by atoms with Crippen molar-refractivity contribution in [1.82, 2.24) is 5.32 Å². The van der Waals surface area contributed by atoms with Crippen LogP contribution in [0.3, 0.4) is 0 Å². The first kappa shape index (κ1) is 14.2. The Morgan fingerprint density at radius 2 is 1.95 bits per heavy atom. The number of ketones is 2. The van der Waals surface area contributed by atoms with Gasteiger partial charge < -0.3 is 5.32 Å². The first-order valence-corrected chi connectivity index (χ1v) is 8.59. The van der Waals surface area contributed by atoms with Crippen LogP contribution in [0.15, 0.2) is 47.4 Å². The number of hydrogen-bond donors (Lipinski definition) is 2. The van der Waals surface area contributed by atoms with Gasteiger partial charge >= 0.3 is 0 Å². The fraction of sp³-hybridized carbons (Fsp3) is 0.294. The van der Waals surface area contributed by atoms with Gasteiger partial charge in [-0.2, -0.15) is 12.6 Å². The highest BCUT2D eigenvalue weighted by molar-refractivity contribution is 7.83. The summed E-state index contributed by atoms with van der Waals surface area (Å²) in [5.41, 5.74) is 1.92. The molecule has 0 saturated carbocycles. The van der Waals surface area contributed by atoms with E-state index in [1.54, 1.807) is 17.4 Å². The summed E-state index contributed by atoms with van der Waals surface area (Å²) in [5.74, 6) is -0.0473. The van der Waals surface area contributed by atoms with Gasteiger partial charge in [0, 0.05) is 22.9 Å². The van der Waals surface area contributed by atoms with Crippen molar-refractivity contribution in [1.29, 1.82) is 0 Å². The largest absolute Gasteiger partial charge is 0.306 e. The maximum atomic E-state index is 12.8. The summed E-state index contributed by atoms with van der Waals surface area (Å²) in [4.78, 5) is 26.3. The molecule has 3 heterocycles. The highest BCUT2D eigenvalue weighted by atomic mass is 32.1. The van der Waals surface area contributed by atoms with Crippen molar-refractivity contribution < 1.29 is 9.59 Å². The molecule has 112 valence electrons. The fourth-order valence-electron chi connectivity index (χ4n) is 3.41. The van der Waals surface area contributed by atoms with Crippen LogP contribution in [0.2, 0.25) is 0 Å². The van der Waals surface area contributed by atoms with Crippen molar-refractivity contribution in [3.05, 3.63) is 52.3 Å². The highest BCUT2D eigenvalue weighted by Crippen LogP contribution is 2.46. The number of thiol groups is 1. The molecule has 5 rings (SSSR count). The smallest absolute Gasteiger partial charge is 0.170 e. The lowest BCUT2D eigenvalue weighted by molar-refractivity contribution is -0.119. The molecule has 1 N–H and O–H groups in total. The Labute approximate surface area is 138 Å². The lowest BCUT2D eigenvalue weighted by atomic mass is 9.90. The topological polar surface area (TPSA) is 46.2 Å². The number of carbonyl (C=O) groups excluding carboxylic acids is 2. The summed E-state index contributed by atoms with van der Waals surface area (Å²) in [6.07, 6.45) is 7.50. The van der Waals surface area contributed by atoms with E-state index in [2.05, 4.69) is 24.0 Å². The van der Waals surface area contributed by atoms with Crippen LogP contribution < -0.4 is 5.32 Å². The summed E-state index contributed by atoms with van der Waals surface area (Å²) < 4.78 is -0.921. The molecule has 0 saturated heterocycles. The lowest BCUT2D eigenvalue weighted by Crippen LogP contribution is -2.38. The molecule has 22 heavy (non-hydrogen) atoms. The zero-order valence-corrected chi connectivity index (χ0v) is 13.5. The Hall–Kier alpha value is -1.43. The van der Waals surface area contributed by atoms with Gasteiger partial charge in [0.2, 0.25) is 0 Å². The Balaban J connectivity index is 1.92. The second kappa shape index (κ2) is 5.05. The zero-order chi connectivity index (χ0) is 15.3. The molecule has 2 aliphatic heterocycles. The van der Waals surface area contributed by atoms with E-state index >= 15 is 0 Å². The maximum Gasteiger partial charge on any atom is 0.170 e. The average Bonchev–Trinajstić information content (AvgIpc) is 3.05. The third-order valence-electron chi connectivity index (χ3n) is 4.58. The van der Waals surface area contributed by atoms with Gasteiger partial charge in [0.1, 0.15) is 4.75 Å². The summed E-state index contributed by atoms with van der Waals surface area (Å²) in [6, 6.07) is 4.06. The van der Waals surface area contributed by atoms with E-state index in [0.717, 1.165) is 16.0 Å². The molecule has 5 heteroatoms. The van der Waals surface area contributed by atoms with Gasteiger partial charge in [-0.15, -0.1) is 11.3 Å². The van der Waals surface area contributed by atoms with E-state index in [9.17, 15) is 9.59 Å². The van der Waals surface area contributed by atoms with Crippen molar-refractivity contribution in [3.8, 4) is 0 Å². The monoisotopic (exact) mass is 329 g/mol. The molecule has 4 aliphatic rings. The minimum Gasteiger partial charge on any atom is -0.306 e. The van der Waals surface area contributed by atoms with E-state index in [1.807, 2.05) is 29.7 Å². The van der Waals surface area contributed by atoms with E-state index in [-0.39, 0.29) is 29.9 Å². The molecule has 1 aromatic rings. The minimum absolute atomic E-state index is 0.000810. The molecule has 0 amide bonds. The van der Waals surface area contributed by atoms with Crippen LogP contribution in [0, 0.1) is 11.8 Å². The molecule has 0 aromatic carbocycles. The zero-order valence-electron chi connectivity index (χ0n) is 11.8. The highest BCUT2D eigenvalue weighted by Gasteiger charge is 2.43. The molecule has 3 unspecified atom stereocenters. The summed E-state index contributed by atoms with van der Waals surface area (Å²) in [5, 5.41) is 5.15. The molecule has 0 radical (unpaired) electrons. The van der Waals surface area contributed by atoms with Gasteiger partial charge in [0.25, 0.3) is 0 Å². The quantitative estimate of drug-likeness (QED) is 0.614. The van der Waals surface area contributed by atoms with E-state index in [1.165, 1.54) is 0 Å². The van der Waals surface area contributed by atoms with Crippen LogP contribution in [0.1, 0.15) is 4.88 Å². The summed E-state index contributed by atoms with van der Waals surface area (Å²) in [7, 11) is 0. The average molecular weight is 329 g/mol. The van der Waals surface area contributed by atoms with Crippen LogP contribution in [-0.4, -0.2) is 29.4 Å². The van der Waals surface area contributed by atoms with Crippen LogP contribution in [-0.2, 0) is 9.59 Å². The number of Topliss-reactive ketones (excluding diaryl/α,β-unsaturated/α-hetero) is 2. The molecule has 1 aromatic heterocycles. The first-order chi connectivity index (χ1) is 10.6. The van der Waals surface area contributed by atoms with Crippen molar-refractivity contribution in [3.63, 3.8) is 0 Å². The molecular formula is C17H15NO2S2. The third-order valence-corrected chi connectivity index (χ3v) is 6.03. The van der Waals surface area contributed by atoms with Gasteiger partial charge in [0.15, 0.2) is 11.6 Å². The van der Waals surface area contributed by atoms with Gasteiger partial charge in [-0.1, -0.05) is 30.4 Å². The second-order valence-electron chi connectivity index (χ2n) is 5.86. The number of carbonyl (C=O) groups is 2. The van der Waals surface area contributed by atoms with Gasteiger partial charge in [-0.3, -0.25) is 9.59 Å². The molecule has 0 spiro atoms. The molecule has 3 atom stereocenters. The molecule has 3 nitrogen and oxygen atoms in total. The standard InChI is InChI=1S/C17H15NO2S2/c19-14-9-18-8-12-15(13-2-1-7-22-13)10-3-5-17(14,21)6-4-11(10)16(12)20/h1-7,10-11,18,21H,8-9H2. The van der Waals surface area contributed by atoms with Gasteiger partial charge in [-0.05, 0) is 17.0 Å². The Kier molecular flexibility index (Phi) is 3.25. The molecule has 4 bridgehead atoms. The number of rotatable bonds is 1. The Morgan fingerprint density at radius 3 is 2.68 bits per heavy atom. The molecule has 2 aliphatic carbocycles. The van der Waals surface area contributed by atoms with E-state index < -0.39 is 4.75 Å². The Bertz CT molecular complexity index is 745. The number of nitrogens with one attached hydrogen (secondary N) is 1. The van der Waals surface area contributed by atoms with E-state index in [0.29, 0.717) is 6.54 Å². The number of hydrogen-bond acceptors (Lipinski definition) is 5. The normalized spacial score (nSPS) is 33.9. The van der Waals surface area contributed by atoms with Crippen molar-refractivity contribution in [2.45, 2.75) is 4.75 Å². The maximum absolute atomic E-state index is 12.8. The minimum atomic E-state index is -0.921. The lowest BCUT2D eigenvalue weighted by Gasteiger charge is -2.21. The van der Waals surface area contributed by atoms with Crippen LogP contribution in [0.5, 0.6) is 0 Å². The summed E-state index contributed by atoms with van der Waals surface area (Å²) >= 11 is 6.21.